The number of para-hydroxylation sites is 1. The summed E-state index contributed by atoms with van der Waals surface area (Å²) in [6, 6.07) is 98.7. The van der Waals surface area contributed by atoms with Crippen molar-refractivity contribution < 1.29 is 0 Å². The Balaban J connectivity index is 1.00. The van der Waals surface area contributed by atoms with Crippen molar-refractivity contribution in [2.45, 2.75) is 18.3 Å². The van der Waals surface area contributed by atoms with Gasteiger partial charge in [0.1, 0.15) is 0 Å². The van der Waals surface area contributed by atoms with E-state index in [-0.39, 0.29) is 0 Å². The first kappa shape index (κ1) is 43.4. The lowest BCUT2D eigenvalue weighted by atomic mass is 9.67. The third-order valence-corrected chi connectivity index (χ3v) is 15.5. The lowest BCUT2D eigenvalue weighted by molar-refractivity contribution is 0.770. The summed E-state index contributed by atoms with van der Waals surface area (Å²) in [5, 5.41) is 4.80. The van der Waals surface area contributed by atoms with E-state index in [0.29, 0.717) is 0 Å². The molecule has 74 heavy (non-hydrogen) atoms. The number of benzene rings is 11. The molecule has 3 nitrogen and oxygen atoms in total. The summed E-state index contributed by atoms with van der Waals surface area (Å²) < 4.78 is 2.47. The Morgan fingerprint density at radius 1 is 0.365 bits per heavy atom. The number of anilines is 5. The fourth-order valence-electron chi connectivity index (χ4n) is 12.2. The number of aromatic nitrogens is 1. The SMILES string of the molecule is C1=CCCC(N(c2ccccc2)c2ccc(-n3c4ccc(N(c5ccc(-c6ccccc6)cc5)c5ccc6ccccc6c5)cc4c4cc(C5(c6ccccc6)c6ccccc6-c6ccccc65)ccc43)cc2)=C1. The maximum Gasteiger partial charge on any atom is 0.0713 e. The molecule has 1 heterocycles. The minimum atomic E-state index is -0.544. The second-order valence-corrected chi connectivity index (χ2v) is 19.6. The Morgan fingerprint density at radius 3 is 1.59 bits per heavy atom. The quantitative estimate of drug-likeness (QED) is 0.135. The molecule has 12 aromatic rings. The van der Waals surface area contributed by atoms with Crippen LogP contribution in [0.3, 0.4) is 0 Å². The fraction of sp³-hybridized carbons (Fsp3) is 0.0423. The van der Waals surface area contributed by atoms with Crippen molar-refractivity contribution in [2.75, 3.05) is 9.80 Å². The summed E-state index contributed by atoms with van der Waals surface area (Å²) in [7, 11) is 0. The highest BCUT2D eigenvalue weighted by Gasteiger charge is 2.46. The molecule has 0 bridgehead atoms. The fourth-order valence-corrected chi connectivity index (χ4v) is 12.2. The highest BCUT2D eigenvalue weighted by molar-refractivity contribution is 6.11. The molecule has 14 rings (SSSR count). The van der Waals surface area contributed by atoms with Crippen LogP contribution in [0.15, 0.2) is 291 Å². The molecule has 0 saturated carbocycles. The third kappa shape index (κ3) is 7.11. The van der Waals surface area contributed by atoms with Crippen LogP contribution in [0.1, 0.15) is 35.1 Å². The molecular formula is C71H51N3. The minimum absolute atomic E-state index is 0.544. The molecule has 0 aliphatic heterocycles. The van der Waals surface area contributed by atoms with Gasteiger partial charge in [-0.15, -0.1) is 0 Å². The summed E-state index contributed by atoms with van der Waals surface area (Å²) in [5.41, 5.74) is 19.8. The van der Waals surface area contributed by atoms with Crippen LogP contribution in [0.2, 0.25) is 0 Å². The van der Waals surface area contributed by atoms with Crippen molar-refractivity contribution in [1.29, 1.82) is 0 Å². The van der Waals surface area contributed by atoms with E-state index in [0.717, 1.165) is 58.0 Å². The van der Waals surface area contributed by atoms with Crippen LogP contribution in [0, 0.1) is 0 Å². The van der Waals surface area contributed by atoms with Gasteiger partial charge >= 0.3 is 0 Å². The van der Waals surface area contributed by atoms with Crippen LogP contribution in [0.5, 0.6) is 0 Å². The molecule has 0 saturated heterocycles. The van der Waals surface area contributed by atoms with E-state index in [9.17, 15) is 0 Å². The van der Waals surface area contributed by atoms with Gasteiger partial charge in [-0.05, 0) is 165 Å². The molecule has 0 N–H and O–H groups in total. The van der Waals surface area contributed by atoms with Crippen molar-refractivity contribution in [1.82, 2.24) is 4.57 Å². The Labute approximate surface area is 432 Å². The van der Waals surface area contributed by atoms with Gasteiger partial charge in [0.25, 0.3) is 0 Å². The van der Waals surface area contributed by atoms with E-state index in [1.807, 2.05) is 0 Å². The molecule has 0 amide bonds. The molecular weight excluding hydrogens is 895 g/mol. The van der Waals surface area contributed by atoms with Crippen molar-refractivity contribution in [2.24, 2.45) is 0 Å². The van der Waals surface area contributed by atoms with Gasteiger partial charge in [0.05, 0.1) is 16.4 Å². The van der Waals surface area contributed by atoms with Gasteiger partial charge in [0.2, 0.25) is 0 Å². The zero-order chi connectivity index (χ0) is 49.0. The number of fused-ring (bicyclic) bond motifs is 7. The molecule has 11 aromatic carbocycles. The van der Waals surface area contributed by atoms with Crippen LogP contribution in [-0.4, -0.2) is 4.57 Å². The number of rotatable bonds is 10. The van der Waals surface area contributed by atoms with Gasteiger partial charge in [-0.25, -0.2) is 0 Å². The molecule has 350 valence electrons. The number of hydrogen-bond donors (Lipinski definition) is 0. The molecule has 0 radical (unpaired) electrons. The number of hydrogen-bond acceptors (Lipinski definition) is 2. The first-order valence-corrected chi connectivity index (χ1v) is 25.8. The first-order valence-electron chi connectivity index (χ1n) is 25.8. The third-order valence-electron chi connectivity index (χ3n) is 15.5. The zero-order valence-corrected chi connectivity index (χ0v) is 40.9. The topological polar surface area (TPSA) is 11.4 Å². The van der Waals surface area contributed by atoms with Gasteiger partial charge < -0.3 is 14.4 Å². The van der Waals surface area contributed by atoms with Crippen LogP contribution in [0.25, 0.3) is 60.5 Å². The van der Waals surface area contributed by atoms with Crippen molar-refractivity contribution in [3.63, 3.8) is 0 Å². The first-order chi connectivity index (χ1) is 36.7. The van der Waals surface area contributed by atoms with Gasteiger partial charge in [-0.1, -0.05) is 188 Å². The average Bonchev–Trinajstić information content (AvgIpc) is 4.04. The molecule has 3 heteroatoms. The molecule has 0 atom stereocenters. The Bertz CT molecular complexity index is 4070. The summed E-state index contributed by atoms with van der Waals surface area (Å²) in [6.45, 7) is 0. The van der Waals surface area contributed by atoms with Gasteiger partial charge in [-0.2, -0.15) is 0 Å². The second-order valence-electron chi connectivity index (χ2n) is 19.6. The molecule has 0 spiro atoms. The predicted octanol–water partition coefficient (Wildman–Crippen LogP) is 18.8. The van der Waals surface area contributed by atoms with E-state index in [1.165, 1.54) is 71.7 Å². The maximum atomic E-state index is 2.51. The molecule has 2 aliphatic rings. The molecule has 1 aromatic heterocycles. The Kier molecular flexibility index (Phi) is 10.5. The van der Waals surface area contributed by atoms with Crippen LogP contribution < -0.4 is 9.80 Å². The summed E-state index contributed by atoms with van der Waals surface area (Å²) >= 11 is 0. The van der Waals surface area contributed by atoms with E-state index in [2.05, 4.69) is 300 Å². The van der Waals surface area contributed by atoms with Crippen molar-refractivity contribution in [3.05, 3.63) is 313 Å². The Hall–Kier alpha value is -9.44. The van der Waals surface area contributed by atoms with Gasteiger partial charge in [-0.3, -0.25) is 0 Å². The summed E-state index contributed by atoms with van der Waals surface area (Å²) in [5.74, 6) is 0. The normalized spacial score (nSPS) is 13.4. The summed E-state index contributed by atoms with van der Waals surface area (Å²) in [6.07, 6.45) is 8.71. The lowest BCUT2D eigenvalue weighted by Gasteiger charge is -2.34. The monoisotopic (exact) mass is 945 g/mol. The number of allylic oxidation sites excluding steroid dienone is 4. The largest absolute Gasteiger partial charge is 0.314 e. The van der Waals surface area contributed by atoms with Crippen LogP contribution >= 0.6 is 0 Å². The maximum absolute atomic E-state index is 2.51. The smallest absolute Gasteiger partial charge is 0.0713 e. The van der Waals surface area contributed by atoms with E-state index in [1.54, 1.807) is 0 Å². The Morgan fingerprint density at radius 2 is 0.892 bits per heavy atom. The predicted molar refractivity (Wildman–Crippen MR) is 311 cm³/mol. The zero-order valence-electron chi connectivity index (χ0n) is 40.9. The van der Waals surface area contributed by atoms with E-state index < -0.39 is 5.41 Å². The second kappa shape index (κ2) is 18.0. The highest BCUT2D eigenvalue weighted by Crippen LogP contribution is 2.57. The minimum Gasteiger partial charge on any atom is -0.314 e. The van der Waals surface area contributed by atoms with E-state index in [4.69, 9.17) is 0 Å². The van der Waals surface area contributed by atoms with Crippen molar-refractivity contribution >= 4 is 61.0 Å². The van der Waals surface area contributed by atoms with Crippen molar-refractivity contribution in [3.8, 4) is 27.9 Å². The highest BCUT2D eigenvalue weighted by atomic mass is 15.2. The standard InChI is InChI=1S/C71H51N3/c1-5-19-50(20-6-1)52-33-37-58(38-34-52)73(61-39-35-51-21-13-14-22-53(51)47-61)62-44-46-70-66(49-62)65-48-55(71(54-23-7-2-8-24-54)67-31-17-15-29-63(67)64-30-16-18-32-68(64)71)36-45-69(65)74(70)60-42-40-59(41-43-60)72(56-25-9-3-10-26-56)57-27-11-4-12-28-57/h1-11,13-27,29-49H,12,28H2. The van der Waals surface area contributed by atoms with Gasteiger partial charge in [0.15, 0.2) is 0 Å². The van der Waals surface area contributed by atoms with Crippen LogP contribution in [0.4, 0.5) is 28.4 Å². The molecule has 0 unspecified atom stereocenters. The molecule has 2 aliphatic carbocycles. The van der Waals surface area contributed by atoms with Crippen LogP contribution in [-0.2, 0) is 5.41 Å². The van der Waals surface area contributed by atoms with Gasteiger partial charge in [0, 0.05) is 50.6 Å². The average molecular weight is 946 g/mol. The number of nitrogens with zero attached hydrogens (tertiary/aromatic N) is 3. The van der Waals surface area contributed by atoms with E-state index >= 15 is 0 Å². The molecule has 0 fully saturated rings. The summed E-state index contributed by atoms with van der Waals surface area (Å²) in [4.78, 5) is 4.83. The lowest BCUT2D eigenvalue weighted by Crippen LogP contribution is -2.28.